The Kier molecular flexibility index (Phi) is 8.63. The maximum atomic E-state index is 11.7. The molecular formula is C20H28IN7O2. The summed E-state index contributed by atoms with van der Waals surface area (Å²) in [6.45, 7) is 7.93. The number of nitrogens with one attached hydrogen (secondary N) is 3. The molecule has 10 heteroatoms. The van der Waals surface area contributed by atoms with Gasteiger partial charge in [-0.1, -0.05) is 18.2 Å². The summed E-state index contributed by atoms with van der Waals surface area (Å²) >= 11 is 0. The first-order valence-electron chi connectivity index (χ1n) is 9.71. The van der Waals surface area contributed by atoms with Crippen molar-refractivity contribution in [2.24, 2.45) is 4.99 Å². The first kappa shape index (κ1) is 23.6. The molecule has 9 nitrogen and oxygen atoms in total. The van der Waals surface area contributed by atoms with Crippen molar-refractivity contribution in [3.63, 3.8) is 0 Å². The summed E-state index contributed by atoms with van der Waals surface area (Å²) in [5, 5.41) is 13.5. The maximum Gasteiger partial charge on any atom is 0.324 e. The number of hydrogen-bond acceptors (Lipinski definition) is 4. The molecule has 3 amide bonds. The van der Waals surface area contributed by atoms with E-state index in [0.29, 0.717) is 25.6 Å². The molecule has 1 fully saturated rings. The SMILES string of the molecule is CCNC(=NCc1ccccc1-n1nc(C)cc1C)NCCN1C(=O)CNC1=O.I. The number of nitrogens with zero attached hydrogens (tertiary/aromatic N) is 4. The Bertz CT molecular complexity index is 910. The third kappa shape index (κ3) is 5.71. The lowest BCUT2D eigenvalue weighted by molar-refractivity contribution is -0.124. The number of carbonyl (C=O) groups is 2. The van der Waals surface area contributed by atoms with Gasteiger partial charge in [-0.3, -0.25) is 9.69 Å². The van der Waals surface area contributed by atoms with E-state index >= 15 is 0 Å². The van der Waals surface area contributed by atoms with Crippen LogP contribution in [0.25, 0.3) is 5.69 Å². The van der Waals surface area contributed by atoms with Gasteiger partial charge < -0.3 is 16.0 Å². The summed E-state index contributed by atoms with van der Waals surface area (Å²) in [6.07, 6.45) is 0. The number of amides is 3. The molecule has 0 unspecified atom stereocenters. The smallest absolute Gasteiger partial charge is 0.324 e. The van der Waals surface area contributed by atoms with Gasteiger partial charge in [-0.05, 0) is 38.5 Å². The number of para-hydroxylation sites is 1. The van der Waals surface area contributed by atoms with Crippen LogP contribution in [-0.4, -0.2) is 58.8 Å². The van der Waals surface area contributed by atoms with Gasteiger partial charge in [-0.15, -0.1) is 24.0 Å². The van der Waals surface area contributed by atoms with Crippen LogP contribution in [0.4, 0.5) is 4.79 Å². The standard InChI is InChI=1S/C20H27N7O2.HI/c1-4-21-19(22-9-10-26-18(28)13-24-20(26)29)23-12-16-7-5-6-8-17(16)27-15(3)11-14(2)25-27;/h5-8,11H,4,9-10,12-13H2,1-3H3,(H,24,29)(H2,21,22,23);1H. The third-order valence-electron chi connectivity index (χ3n) is 4.55. The second kappa shape index (κ2) is 11.0. The highest BCUT2D eigenvalue weighted by atomic mass is 127. The first-order chi connectivity index (χ1) is 14.0. The van der Waals surface area contributed by atoms with Crippen molar-refractivity contribution in [1.82, 2.24) is 30.6 Å². The lowest BCUT2D eigenvalue weighted by Gasteiger charge is -2.16. The van der Waals surface area contributed by atoms with Crippen molar-refractivity contribution in [3.8, 4) is 5.69 Å². The van der Waals surface area contributed by atoms with Crippen molar-refractivity contribution in [3.05, 3.63) is 47.3 Å². The molecular weight excluding hydrogens is 497 g/mol. The van der Waals surface area contributed by atoms with Gasteiger partial charge in [0.15, 0.2) is 5.96 Å². The zero-order chi connectivity index (χ0) is 20.8. The summed E-state index contributed by atoms with van der Waals surface area (Å²) in [6, 6.07) is 9.73. The molecule has 30 heavy (non-hydrogen) atoms. The number of urea groups is 1. The first-order valence-corrected chi connectivity index (χ1v) is 9.71. The van der Waals surface area contributed by atoms with Crippen LogP contribution < -0.4 is 16.0 Å². The van der Waals surface area contributed by atoms with Gasteiger partial charge in [-0.2, -0.15) is 5.10 Å². The number of aryl methyl sites for hydroxylation is 2. The highest BCUT2D eigenvalue weighted by Crippen LogP contribution is 2.17. The number of hydrogen-bond donors (Lipinski definition) is 3. The fourth-order valence-corrected chi connectivity index (χ4v) is 3.20. The molecule has 1 aromatic carbocycles. The minimum atomic E-state index is -0.349. The van der Waals surface area contributed by atoms with Gasteiger partial charge in [0.2, 0.25) is 5.91 Å². The van der Waals surface area contributed by atoms with Gasteiger partial charge >= 0.3 is 6.03 Å². The van der Waals surface area contributed by atoms with Crippen LogP contribution in [-0.2, 0) is 11.3 Å². The molecule has 1 aliphatic heterocycles. The van der Waals surface area contributed by atoms with Gasteiger partial charge in [-0.25, -0.2) is 14.5 Å². The molecule has 2 aromatic rings. The Morgan fingerprint density at radius 2 is 2.00 bits per heavy atom. The molecule has 0 spiro atoms. The van der Waals surface area contributed by atoms with Crippen molar-refractivity contribution in [2.45, 2.75) is 27.3 Å². The van der Waals surface area contributed by atoms with Gasteiger partial charge in [0, 0.05) is 25.3 Å². The number of aliphatic imine (C=N–C) groups is 1. The summed E-state index contributed by atoms with van der Waals surface area (Å²) in [5.41, 5.74) is 4.08. The predicted molar refractivity (Wildman–Crippen MR) is 126 cm³/mol. The molecule has 0 aliphatic carbocycles. The summed E-state index contributed by atoms with van der Waals surface area (Å²) in [5.74, 6) is 0.417. The highest BCUT2D eigenvalue weighted by Gasteiger charge is 2.27. The van der Waals surface area contributed by atoms with E-state index in [9.17, 15) is 9.59 Å². The van der Waals surface area contributed by atoms with Crippen LogP contribution in [0.2, 0.25) is 0 Å². The minimum Gasteiger partial charge on any atom is -0.357 e. The van der Waals surface area contributed by atoms with Crippen molar-refractivity contribution in [2.75, 3.05) is 26.2 Å². The third-order valence-corrected chi connectivity index (χ3v) is 4.55. The maximum absolute atomic E-state index is 11.7. The normalized spacial score (nSPS) is 13.8. The number of imide groups is 1. The Labute approximate surface area is 193 Å². The van der Waals surface area contributed by atoms with E-state index in [4.69, 9.17) is 0 Å². The summed E-state index contributed by atoms with van der Waals surface area (Å²) in [7, 11) is 0. The van der Waals surface area contributed by atoms with Crippen LogP contribution in [0, 0.1) is 13.8 Å². The zero-order valence-corrected chi connectivity index (χ0v) is 19.8. The number of carbonyl (C=O) groups excluding carboxylic acids is 2. The lowest BCUT2D eigenvalue weighted by Crippen LogP contribution is -2.43. The van der Waals surface area contributed by atoms with E-state index in [1.807, 2.05) is 55.8 Å². The van der Waals surface area contributed by atoms with Crippen molar-refractivity contribution < 1.29 is 9.59 Å². The summed E-state index contributed by atoms with van der Waals surface area (Å²) in [4.78, 5) is 29.1. The summed E-state index contributed by atoms with van der Waals surface area (Å²) < 4.78 is 1.93. The molecule has 162 valence electrons. The second-order valence-corrected chi connectivity index (χ2v) is 6.79. The number of rotatable bonds is 7. The van der Waals surface area contributed by atoms with Crippen molar-refractivity contribution >= 4 is 41.9 Å². The van der Waals surface area contributed by atoms with E-state index in [-0.39, 0.29) is 49.0 Å². The quantitative estimate of drug-likeness (QED) is 0.221. The molecule has 1 saturated heterocycles. The molecule has 3 rings (SSSR count). The van der Waals surface area contributed by atoms with E-state index in [2.05, 4.69) is 26.0 Å². The number of guanidine groups is 1. The zero-order valence-electron chi connectivity index (χ0n) is 17.4. The Morgan fingerprint density at radius 1 is 1.23 bits per heavy atom. The van der Waals surface area contributed by atoms with E-state index in [0.717, 1.165) is 22.6 Å². The highest BCUT2D eigenvalue weighted by molar-refractivity contribution is 14.0. The molecule has 0 atom stereocenters. The topological polar surface area (TPSA) is 104 Å². The Morgan fingerprint density at radius 3 is 2.63 bits per heavy atom. The number of halogens is 1. The monoisotopic (exact) mass is 525 g/mol. The van der Waals surface area contributed by atoms with Gasteiger partial charge in [0.05, 0.1) is 24.5 Å². The van der Waals surface area contributed by atoms with Crippen LogP contribution in [0.3, 0.4) is 0 Å². The second-order valence-electron chi connectivity index (χ2n) is 6.79. The molecule has 1 aromatic heterocycles. The minimum absolute atomic E-state index is 0. The van der Waals surface area contributed by atoms with Crippen LogP contribution in [0.5, 0.6) is 0 Å². The molecule has 0 bridgehead atoms. The van der Waals surface area contributed by atoms with Crippen molar-refractivity contribution in [1.29, 1.82) is 0 Å². The fourth-order valence-electron chi connectivity index (χ4n) is 3.20. The van der Waals surface area contributed by atoms with Crippen LogP contribution in [0.15, 0.2) is 35.3 Å². The fraction of sp³-hybridized carbons (Fsp3) is 0.400. The van der Waals surface area contributed by atoms with Crippen LogP contribution >= 0.6 is 24.0 Å². The molecule has 3 N–H and O–H groups in total. The average molecular weight is 525 g/mol. The number of benzene rings is 1. The predicted octanol–water partition coefficient (Wildman–Crippen LogP) is 1.71. The Balaban J connectivity index is 0.00000320. The largest absolute Gasteiger partial charge is 0.357 e. The molecule has 1 aliphatic rings. The lowest BCUT2D eigenvalue weighted by atomic mass is 10.2. The Hall–Kier alpha value is -2.63. The average Bonchev–Trinajstić information content (AvgIpc) is 3.21. The van der Waals surface area contributed by atoms with Gasteiger partial charge in [0.25, 0.3) is 0 Å². The number of aromatic nitrogens is 2. The molecule has 0 saturated carbocycles. The van der Waals surface area contributed by atoms with Crippen LogP contribution in [0.1, 0.15) is 23.9 Å². The van der Waals surface area contributed by atoms with E-state index in [1.54, 1.807) is 0 Å². The van der Waals surface area contributed by atoms with E-state index in [1.165, 1.54) is 4.90 Å². The molecule has 0 radical (unpaired) electrons. The van der Waals surface area contributed by atoms with E-state index < -0.39 is 0 Å². The molecule has 2 heterocycles. The van der Waals surface area contributed by atoms with Gasteiger partial charge in [0.1, 0.15) is 0 Å².